The van der Waals surface area contributed by atoms with Crippen LogP contribution in [0.25, 0.3) is 22.0 Å². The minimum Gasteiger partial charge on any atom is -0.454 e. The van der Waals surface area contributed by atoms with Gasteiger partial charge in [0, 0.05) is 34.3 Å². The average Bonchev–Trinajstić information content (AvgIpc) is 3.46. The second-order valence-electron chi connectivity index (χ2n) is 6.37. The van der Waals surface area contributed by atoms with Crippen molar-refractivity contribution in [3.8, 4) is 33.5 Å². The molecular weight excluding hydrogens is 428 g/mol. The van der Waals surface area contributed by atoms with Gasteiger partial charge in [0.15, 0.2) is 22.5 Å². The molecule has 2 aromatic carbocycles. The molecule has 4 aromatic rings. The lowest BCUT2D eigenvalue weighted by Crippen LogP contribution is -1.95. The summed E-state index contributed by atoms with van der Waals surface area (Å²) < 4.78 is 12.8. The summed E-state index contributed by atoms with van der Waals surface area (Å²) in [6, 6.07) is 13.5. The highest BCUT2D eigenvalue weighted by molar-refractivity contribution is 7.98. The van der Waals surface area contributed by atoms with Gasteiger partial charge in [-0.25, -0.2) is 4.98 Å². The summed E-state index contributed by atoms with van der Waals surface area (Å²) in [6.45, 7) is 0.254. The largest absolute Gasteiger partial charge is 0.454 e. The van der Waals surface area contributed by atoms with Crippen LogP contribution >= 0.6 is 34.7 Å². The Morgan fingerprint density at radius 3 is 2.72 bits per heavy atom. The maximum Gasteiger partial charge on any atom is 0.231 e. The van der Waals surface area contributed by atoms with Crippen LogP contribution < -0.4 is 9.47 Å². The monoisotopic (exact) mass is 442 g/mol. The molecule has 29 heavy (non-hydrogen) atoms. The smallest absolute Gasteiger partial charge is 0.231 e. The van der Waals surface area contributed by atoms with Crippen LogP contribution in [0.4, 0.5) is 0 Å². The lowest BCUT2D eigenvalue weighted by molar-refractivity contribution is 0.174. The number of fused-ring (bicyclic) bond motifs is 1. The van der Waals surface area contributed by atoms with E-state index in [1.807, 2.05) is 54.1 Å². The molecule has 0 amide bonds. The zero-order valence-electron chi connectivity index (χ0n) is 15.3. The Bertz CT molecular complexity index is 1170. The van der Waals surface area contributed by atoms with E-state index in [1.165, 1.54) is 0 Å². The van der Waals surface area contributed by atoms with Crippen LogP contribution in [-0.2, 0) is 12.8 Å². The zero-order chi connectivity index (χ0) is 19.8. The highest BCUT2D eigenvalue weighted by atomic mass is 35.5. The van der Waals surface area contributed by atoms with Gasteiger partial charge in [-0.15, -0.1) is 21.5 Å². The van der Waals surface area contributed by atoms with Crippen molar-refractivity contribution >= 4 is 34.7 Å². The summed E-state index contributed by atoms with van der Waals surface area (Å²) in [4.78, 5) is 4.73. The van der Waals surface area contributed by atoms with Crippen LogP contribution in [0.15, 0.2) is 53.0 Å². The Kier molecular flexibility index (Phi) is 4.91. The minimum atomic E-state index is 0.254. The van der Waals surface area contributed by atoms with Gasteiger partial charge in [-0.3, -0.25) is 0 Å². The molecule has 5 rings (SSSR count). The third-order valence-corrected chi connectivity index (χ3v) is 6.70. The van der Waals surface area contributed by atoms with Gasteiger partial charge in [0.05, 0.1) is 5.69 Å². The van der Waals surface area contributed by atoms with E-state index in [0.29, 0.717) is 0 Å². The molecule has 0 saturated carbocycles. The van der Waals surface area contributed by atoms with Gasteiger partial charge in [-0.1, -0.05) is 35.5 Å². The Morgan fingerprint density at radius 2 is 1.86 bits per heavy atom. The topological polar surface area (TPSA) is 62.1 Å². The van der Waals surface area contributed by atoms with Crippen molar-refractivity contribution < 1.29 is 9.47 Å². The number of aromatic nitrogens is 4. The number of rotatable bonds is 5. The fraction of sp³-hybridized carbons (Fsp3) is 0.150. The Hall–Kier alpha value is -2.55. The molecule has 1 aliphatic heterocycles. The summed E-state index contributed by atoms with van der Waals surface area (Å²) in [7, 11) is 1.96. The molecule has 6 nitrogen and oxygen atoms in total. The van der Waals surface area contributed by atoms with E-state index in [2.05, 4.69) is 15.6 Å². The molecule has 0 radical (unpaired) electrons. The SMILES string of the molecule is Cn1c(SCc2csc(-c3ccc(Cl)cc3)n2)nnc1-c1ccc2c(c1)OCO2. The van der Waals surface area contributed by atoms with Gasteiger partial charge in [-0.05, 0) is 30.3 Å². The first-order valence-corrected chi connectivity index (χ1v) is 11.0. The average molecular weight is 443 g/mol. The zero-order valence-corrected chi connectivity index (χ0v) is 17.7. The van der Waals surface area contributed by atoms with E-state index in [1.54, 1.807) is 23.1 Å². The van der Waals surface area contributed by atoms with E-state index in [-0.39, 0.29) is 6.79 Å². The number of thioether (sulfide) groups is 1. The van der Waals surface area contributed by atoms with Crippen molar-refractivity contribution in [1.29, 1.82) is 0 Å². The van der Waals surface area contributed by atoms with E-state index >= 15 is 0 Å². The third-order valence-electron chi connectivity index (χ3n) is 4.46. The first-order chi connectivity index (χ1) is 14.2. The summed E-state index contributed by atoms with van der Waals surface area (Å²) in [5.74, 6) is 2.99. The molecule has 0 saturated heterocycles. The van der Waals surface area contributed by atoms with Gasteiger partial charge in [0.2, 0.25) is 6.79 Å². The molecule has 0 unspecified atom stereocenters. The summed E-state index contributed by atoms with van der Waals surface area (Å²) >= 11 is 9.20. The maximum atomic E-state index is 5.96. The standard InChI is InChI=1S/C20H15ClN4O2S2/c1-25-18(13-4-7-16-17(8-13)27-11-26-16)23-24-20(25)29-10-15-9-28-19(22-15)12-2-5-14(21)6-3-12/h2-9H,10-11H2,1H3. The predicted octanol–water partition coefficient (Wildman–Crippen LogP) is 5.28. The molecule has 3 heterocycles. The Labute approximate surface area is 180 Å². The van der Waals surface area contributed by atoms with Crippen LogP contribution in [0.1, 0.15) is 5.69 Å². The Balaban J connectivity index is 1.30. The molecule has 0 spiro atoms. The number of halogens is 1. The molecule has 1 aliphatic rings. The molecule has 146 valence electrons. The molecule has 0 fully saturated rings. The highest BCUT2D eigenvalue weighted by Crippen LogP contribution is 2.36. The van der Waals surface area contributed by atoms with Crippen molar-refractivity contribution in [3.05, 3.63) is 58.6 Å². The van der Waals surface area contributed by atoms with E-state index < -0.39 is 0 Å². The number of hydrogen-bond donors (Lipinski definition) is 0. The summed E-state index contributed by atoms with van der Waals surface area (Å²) in [6.07, 6.45) is 0. The first-order valence-electron chi connectivity index (χ1n) is 8.80. The van der Waals surface area contributed by atoms with Crippen LogP contribution in [-0.4, -0.2) is 26.5 Å². The molecule has 2 aromatic heterocycles. The van der Waals surface area contributed by atoms with Crippen LogP contribution in [0.3, 0.4) is 0 Å². The van der Waals surface area contributed by atoms with Crippen molar-refractivity contribution in [1.82, 2.24) is 19.7 Å². The molecule has 0 aliphatic carbocycles. The molecule has 0 bridgehead atoms. The normalized spacial score (nSPS) is 12.5. The number of ether oxygens (including phenoxy) is 2. The second-order valence-corrected chi connectivity index (χ2v) is 8.61. The molecule has 0 N–H and O–H groups in total. The minimum absolute atomic E-state index is 0.254. The predicted molar refractivity (Wildman–Crippen MR) is 115 cm³/mol. The summed E-state index contributed by atoms with van der Waals surface area (Å²) in [5.41, 5.74) is 3.02. The molecule has 0 atom stereocenters. The highest BCUT2D eigenvalue weighted by Gasteiger charge is 2.17. The summed E-state index contributed by atoms with van der Waals surface area (Å²) in [5, 5.41) is 13.3. The fourth-order valence-corrected chi connectivity index (χ4v) is 4.83. The molecule has 9 heteroatoms. The lowest BCUT2D eigenvalue weighted by Gasteiger charge is -2.04. The van der Waals surface area contributed by atoms with Crippen molar-refractivity contribution in [3.63, 3.8) is 0 Å². The number of thiazole rings is 1. The van der Waals surface area contributed by atoms with E-state index in [0.717, 1.165) is 55.1 Å². The maximum absolute atomic E-state index is 5.96. The third kappa shape index (κ3) is 3.71. The van der Waals surface area contributed by atoms with Crippen molar-refractivity contribution in [2.45, 2.75) is 10.9 Å². The Morgan fingerprint density at radius 1 is 1.07 bits per heavy atom. The van der Waals surface area contributed by atoms with E-state index in [4.69, 9.17) is 26.1 Å². The fourth-order valence-electron chi connectivity index (χ4n) is 2.96. The number of benzene rings is 2. The second kappa shape index (κ2) is 7.70. The van der Waals surface area contributed by atoms with Crippen molar-refractivity contribution in [2.24, 2.45) is 7.05 Å². The van der Waals surface area contributed by atoms with E-state index in [9.17, 15) is 0 Å². The van der Waals surface area contributed by atoms with Crippen molar-refractivity contribution in [2.75, 3.05) is 6.79 Å². The molecular formula is C20H15ClN4O2S2. The van der Waals surface area contributed by atoms with Gasteiger partial charge in [0.1, 0.15) is 5.01 Å². The van der Waals surface area contributed by atoms with Gasteiger partial charge in [-0.2, -0.15) is 0 Å². The lowest BCUT2D eigenvalue weighted by atomic mass is 10.2. The first kappa shape index (κ1) is 18.5. The number of hydrogen-bond acceptors (Lipinski definition) is 7. The van der Waals surface area contributed by atoms with Gasteiger partial charge >= 0.3 is 0 Å². The van der Waals surface area contributed by atoms with Gasteiger partial charge in [0.25, 0.3) is 0 Å². The van der Waals surface area contributed by atoms with Gasteiger partial charge < -0.3 is 14.0 Å². The van der Waals surface area contributed by atoms with Crippen LogP contribution in [0.5, 0.6) is 11.5 Å². The number of nitrogens with zero attached hydrogens (tertiary/aromatic N) is 4. The quantitative estimate of drug-likeness (QED) is 0.392. The van der Waals surface area contributed by atoms with Crippen LogP contribution in [0, 0.1) is 0 Å². The van der Waals surface area contributed by atoms with Crippen LogP contribution in [0.2, 0.25) is 5.02 Å².